The third-order valence-electron chi connectivity index (χ3n) is 3.26. The predicted molar refractivity (Wildman–Crippen MR) is 78.7 cm³/mol. The fraction of sp³-hybridized carbons (Fsp3) is 0. The Hall–Kier alpha value is -2.53. The Labute approximate surface area is 123 Å². The van der Waals surface area contributed by atoms with Crippen LogP contribution < -0.4 is 0 Å². The molecule has 0 saturated carbocycles. The van der Waals surface area contributed by atoms with Gasteiger partial charge in [0.15, 0.2) is 11.5 Å². The molecule has 0 spiro atoms. The first-order valence-electron chi connectivity index (χ1n) is 6.28. The van der Waals surface area contributed by atoms with Gasteiger partial charge in [-0.25, -0.2) is 18.9 Å². The largest absolute Gasteiger partial charge is 0.236 e. The summed E-state index contributed by atoms with van der Waals surface area (Å²) in [5, 5.41) is 5.69. The maximum atomic E-state index is 13.0. The summed E-state index contributed by atoms with van der Waals surface area (Å²) in [6.45, 7) is 0. The molecule has 0 fully saturated rings. The number of hydrogen-bond donors (Lipinski definition) is 0. The van der Waals surface area contributed by atoms with Crippen LogP contribution in [-0.2, 0) is 0 Å². The average molecular weight is 299 g/mol. The van der Waals surface area contributed by atoms with Crippen LogP contribution in [0.5, 0.6) is 0 Å². The molecule has 0 aliphatic heterocycles. The van der Waals surface area contributed by atoms with Gasteiger partial charge in [-0.2, -0.15) is 0 Å². The molecule has 0 N–H and O–H groups in total. The normalized spacial score (nSPS) is 11.3. The molecule has 0 unspecified atom stereocenters. The number of benzene rings is 2. The van der Waals surface area contributed by atoms with E-state index in [0.717, 1.165) is 16.5 Å². The highest BCUT2D eigenvalue weighted by Gasteiger charge is 2.12. The van der Waals surface area contributed by atoms with E-state index in [2.05, 4.69) is 15.1 Å². The quantitative estimate of drug-likeness (QED) is 0.538. The van der Waals surface area contributed by atoms with Gasteiger partial charge in [0.1, 0.15) is 12.1 Å². The van der Waals surface area contributed by atoms with Crippen molar-refractivity contribution in [3.63, 3.8) is 0 Å². The highest BCUT2D eigenvalue weighted by atomic mass is 35.5. The van der Waals surface area contributed by atoms with E-state index in [1.807, 2.05) is 12.1 Å². The molecule has 21 heavy (non-hydrogen) atoms. The Balaban J connectivity index is 2.01. The lowest BCUT2D eigenvalue weighted by Crippen LogP contribution is -1.91. The first-order valence-corrected chi connectivity index (χ1v) is 6.66. The summed E-state index contributed by atoms with van der Waals surface area (Å²) >= 11 is 6.24. The predicted octanol–water partition coefficient (Wildman–Crippen LogP) is 3.74. The lowest BCUT2D eigenvalue weighted by molar-refractivity contribution is 0.628. The van der Waals surface area contributed by atoms with Gasteiger partial charge in [-0.15, -0.1) is 5.10 Å². The van der Waals surface area contributed by atoms with Crippen LogP contribution in [0.25, 0.3) is 27.9 Å². The van der Waals surface area contributed by atoms with Crippen LogP contribution in [-0.4, -0.2) is 19.6 Å². The third-order valence-corrected chi connectivity index (χ3v) is 3.57. The van der Waals surface area contributed by atoms with Gasteiger partial charge >= 0.3 is 0 Å². The number of halogens is 2. The van der Waals surface area contributed by atoms with Crippen LogP contribution in [0.3, 0.4) is 0 Å². The molecular formula is C15H8ClFN4. The molecule has 0 aliphatic carbocycles. The molecule has 2 aromatic carbocycles. The van der Waals surface area contributed by atoms with Crippen LogP contribution in [0.2, 0.25) is 5.02 Å². The number of aromatic nitrogens is 4. The van der Waals surface area contributed by atoms with Crippen molar-refractivity contribution in [3.8, 4) is 11.4 Å². The van der Waals surface area contributed by atoms with Crippen molar-refractivity contribution in [1.29, 1.82) is 0 Å². The smallest absolute Gasteiger partial charge is 0.182 e. The van der Waals surface area contributed by atoms with Crippen LogP contribution >= 0.6 is 11.6 Å². The summed E-state index contributed by atoms with van der Waals surface area (Å²) in [5.41, 5.74) is 2.12. The average Bonchev–Trinajstić information content (AvgIpc) is 2.92. The summed E-state index contributed by atoms with van der Waals surface area (Å²) in [5.74, 6) is 0.210. The van der Waals surface area contributed by atoms with E-state index in [1.54, 1.807) is 29.0 Å². The lowest BCUT2D eigenvalue weighted by atomic mass is 10.2. The van der Waals surface area contributed by atoms with Crippen molar-refractivity contribution in [2.24, 2.45) is 0 Å². The van der Waals surface area contributed by atoms with Crippen molar-refractivity contribution in [3.05, 3.63) is 59.6 Å². The maximum Gasteiger partial charge on any atom is 0.182 e. The van der Waals surface area contributed by atoms with Crippen LogP contribution in [0.1, 0.15) is 0 Å². The minimum absolute atomic E-state index is 0.294. The summed E-state index contributed by atoms with van der Waals surface area (Å²) in [7, 11) is 0. The Morgan fingerprint density at radius 3 is 2.67 bits per heavy atom. The number of nitrogens with zero attached hydrogens (tertiary/aromatic N) is 4. The van der Waals surface area contributed by atoms with Gasteiger partial charge in [0.2, 0.25) is 0 Å². The highest BCUT2D eigenvalue weighted by molar-refractivity contribution is 6.36. The molecule has 0 amide bonds. The van der Waals surface area contributed by atoms with E-state index in [-0.39, 0.29) is 5.82 Å². The summed E-state index contributed by atoms with van der Waals surface area (Å²) in [4.78, 5) is 8.81. The zero-order valence-electron chi connectivity index (χ0n) is 10.7. The summed E-state index contributed by atoms with van der Waals surface area (Å²) in [6.07, 6.45) is 1.59. The SMILES string of the molecule is Fc1ccc(-c2nc3c4c(Cl)cccc4ncn3n2)cc1. The van der Waals surface area contributed by atoms with Gasteiger partial charge in [-0.1, -0.05) is 17.7 Å². The number of rotatable bonds is 1. The van der Waals surface area contributed by atoms with Gasteiger partial charge in [-0.05, 0) is 36.4 Å². The van der Waals surface area contributed by atoms with Crippen LogP contribution in [0.4, 0.5) is 4.39 Å². The van der Waals surface area contributed by atoms with E-state index in [0.29, 0.717) is 16.5 Å². The first kappa shape index (κ1) is 12.2. The monoisotopic (exact) mass is 298 g/mol. The van der Waals surface area contributed by atoms with Crippen molar-refractivity contribution in [1.82, 2.24) is 19.6 Å². The molecule has 0 aliphatic rings. The minimum Gasteiger partial charge on any atom is -0.236 e. The molecular weight excluding hydrogens is 291 g/mol. The standard InChI is InChI=1S/C15H8ClFN4/c16-11-2-1-3-12-13(11)15-19-14(20-21(15)8-18-12)9-4-6-10(17)7-5-9/h1-8H. The van der Waals surface area contributed by atoms with E-state index >= 15 is 0 Å². The molecule has 2 aromatic heterocycles. The molecule has 2 heterocycles. The number of fused-ring (bicyclic) bond motifs is 3. The topological polar surface area (TPSA) is 43.1 Å². The van der Waals surface area contributed by atoms with E-state index in [1.165, 1.54) is 12.1 Å². The second-order valence-corrected chi connectivity index (χ2v) is 5.00. The molecule has 4 rings (SSSR count). The second kappa shape index (κ2) is 4.49. The van der Waals surface area contributed by atoms with Gasteiger partial charge in [0, 0.05) is 5.56 Å². The van der Waals surface area contributed by atoms with E-state index in [9.17, 15) is 4.39 Å². The molecule has 0 bridgehead atoms. The maximum absolute atomic E-state index is 13.0. The van der Waals surface area contributed by atoms with E-state index in [4.69, 9.17) is 11.6 Å². The highest BCUT2D eigenvalue weighted by Crippen LogP contribution is 2.26. The third kappa shape index (κ3) is 1.94. The van der Waals surface area contributed by atoms with Crippen molar-refractivity contribution >= 4 is 28.2 Å². The summed E-state index contributed by atoms with van der Waals surface area (Å²) in [6, 6.07) is 11.5. The Morgan fingerprint density at radius 2 is 1.86 bits per heavy atom. The molecule has 0 radical (unpaired) electrons. The van der Waals surface area contributed by atoms with Crippen molar-refractivity contribution < 1.29 is 4.39 Å². The van der Waals surface area contributed by atoms with Crippen molar-refractivity contribution in [2.45, 2.75) is 0 Å². The summed E-state index contributed by atoms with van der Waals surface area (Å²) < 4.78 is 14.6. The van der Waals surface area contributed by atoms with Gasteiger partial charge in [0.25, 0.3) is 0 Å². The van der Waals surface area contributed by atoms with Gasteiger partial charge in [-0.3, -0.25) is 0 Å². The minimum atomic E-state index is -0.294. The van der Waals surface area contributed by atoms with E-state index < -0.39 is 0 Å². The van der Waals surface area contributed by atoms with Crippen LogP contribution in [0, 0.1) is 5.82 Å². The Kier molecular flexibility index (Phi) is 2.62. The van der Waals surface area contributed by atoms with Gasteiger partial charge < -0.3 is 0 Å². The Bertz CT molecular complexity index is 963. The Morgan fingerprint density at radius 1 is 1.05 bits per heavy atom. The molecule has 0 saturated heterocycles. The lowest BCUT2D eigenvalue weighted by Gasteiger charge is -1.99. The van der Waals surface area contributed by atoms with Crippen LogP contribution in [0.15, 0.2) is 48.8 Å². The molecule has 4 nitrogen and oxygen atoms in total. The van der Waals surface area contributed by atoms with Gasteiger partial charge in [0.05, 0.1) is 15.9 Å². The number of hydrogen-bond acceptors (Lipinski definition) is 3. The molecule has 6 heteroatoms. The first-order chi connectivity index (χ1) is 10.2. The zero-order valence-corrected chi connectivity index (χ0v) is 11.4. The molecule has 0 atom stereocenters. The fourth-order valence-electron chi connectivity index (χ4n) is 2.25. The second-order valence-electron chi connectivity index (χ2n) is 4.59. The fourth-order valence-corrected chi connectivity index (χ4v) is 2.51. The molecule has 102 valence electrons. The zero-order chi connectivity index (χ0) is 14.4. The van der Waals surface area contributed by atoms with Crippen molar-refractivity contribution in [2.75, 3.05) is 0 Å². The molecule has 4 aromatic rings.